The van der Waals surface area contributed by atoms with E-state index in [1.54, 1.807) is 42.4 Å². The number of ether oxygens (including phenoxy) is 4. The minimum Gasteiger partial charge on any atom is -0.488 e. The van der Waals surface area contributed by atoms with Crippen LogP contribution < -0.4 is 14.4 Å². The Morgan fingerprint density at radius 3 is 2.63 bits per heavy atom. The average Bonchev–Trinajstić information content (AvgIpc) is 3.67. The molecule has 0 N–H and O–H groups in total. The quantitative estimate of drug-likeness (QED) is 0.0420. The second kappa shape index (κ2) is 17.5. The SMILES string of the molecule is CCOC(=O)c1nc(N(C)c2cc(C)c(/N=c3\sc4ccccc4n3COCC[Si](C)(C)C)nn2)sc1CC(COc1ccc(I)cc1F)OC. The summed E-state index contributed by atoms with van der Waals surface area (Å²) in [6.45, 7) is 12.1. The van der Waals surface area contributed by atoms with E-state index in [1.165, 1.54) is 17.4 Å². The molecule has 16 heteroatoms. The number of rotatable bonds is 16. The van der Waals surface area contributed by atoms with Gasteiger partial charge in [0.05, 0.1) is 22.9 Å². The van der Waals surface area contributed by atoms with Crippen molar-refractivity contribution in [3.63, 3.8) is 0 Å². The fraction of sp³-hybridized carbons (Fsp3) is 0.400. The molecule has 0 bridgehead atoms. The third kappa shape index (κ3) is 10.2. The van der Waals surface area contributed by atoms with Crippen molar-refractivity contribution in [2.75, 3.05) is 38.9 Å². The molecule has 11 nitrogen and oxygen atoms in total. The highest BCUT2D eigenvalue weighted by atomic mass is 127. The number of carbonyl (C=O) groups is 1. The van der Waals surface area contributed by atoms with Crippen LogP contribution in [0.1, 0.15) is 27.9 Å². The molecule has 2 aromatic carbocycles. The monoisotopic (exact) mass is 864 g/mol. The Labute approximate surface area is 319 Å². The van der Waals surface area contributed by atoms with Gasteiger partial charge in [0, 0.05) is 43.7 Å². The number of aromatic nitrogens is 4. The maximum Gasteiger partial charge on any atom is 0.358 e. The standard InChI is InChI=1S/C35H42FIN6O5S2Si/c1-8-47-33(44)31-29(19-24(45-4)20-48-27-14-13-23(37)18-25(27)36)50-34(38-31)42(3)30-17-22(2)32(41-40-30)39-35-43(21-46-15-16-51(5,6)7)26-11-9-10-12-28(26)49-35/h9-14,17-18,24H,8,15-16,19-21H2,1-7H3/b39-35-. The summed E-state index contributed by atoms with van der Waals surface area (Å²) in [6, 6.07) is 15.9. The van der Waals surface area contributed by atoms with Crippen LogP contribution in [0.3, 0.4) is 0 Å². The molecule has 0 saturated heterocycles. The topological polar surface area (TPSA) is 113 Å². The van der Waals surface area contributed by atoms with E-state index in [9.17, 15) is 9.18 Å². The van der Waals surface area contributed by atoms with Gasteiger partial charge in [-0.05, 0) is 84.4 Å². The molecule has 5 rings (SSSR count). The first-order valence-corrected chi connectivity index (χ1v) is 22.8. The first-order chi connectivity index (χ1) is 24.4. The van der Waals surface area contributed by atoms with Gasteiger partial charge in [0.15, 0.2) is 38.8 Å². The number of halogens is 2. The summed E-state index contributed by atoms with van der Waals surface area (Å²) in [4.78, 5) is 25.7. The van der Waals surface area contributed by atoms with Gasteiger partial charge in [0.2, 0.25) is 0 Å². The largest absolute Gasteiger partial charge is 0.488 e. The molecular formula is C35H42FIN6O5S2Si. The van der Waals surface area contributed by atoms with Crippen molar-refractivity contribution in [2.45, 2.75) is 58.8 Å². The molecule has 1 atom stereocenters. The molecule has 1 unspecified atom stereocenters. The molecule has 3 aromatic heterocycles. The molecule has 272 valence electrons. The summed E-state index contributed by atoms with van der Waals surface area (Å²) in [5, 5.41) is 9.51. The minimum atomic E-state index is -1.22. The number of hydrogen-bond donors (Lipinski definition) is 0. The Hall–Kier alpha value is -3.29. The van der Waals surface area contributed by atoms with Crippen LogP contribution in [0.2, 0.25) is 25.7 Å². The van der Waals surface area contributed by atoms with Crippen LogP contribution in [0.5, 0.6) is 5.75 Å². The normalized spacial score (nSPS) is 12.8. The summed E-state index contributed by atoms with van der Waals surface area (Å²) in [5.74, 6) is 0.159. The van der Waals surface area contributed by atoms with Crippen LogP contribution in [0, 0.1) is 16.3 Å². The third-order valence-corrected chi connectivity index (χ3v) is 12.4. The maximum absolute atomic E-state index is 14.4. The Morgan fingerprint density at radius 1 is 1.14 bits per heavy atom. The molecule has 0 saturated carbocycles. The fourth-order valence-electron chi connectivity index (χ4n) is 4.86. The second-order valence-corrected chi connectivity index (χ2v) is 21.9. The summed E-state index contributed by atoms with van der Waals surface area (Å²) < 4.78 is 41.2. The number of hydrogen-bond acceptors (Lipinski definition) is 12. The Kier molecular flexibility index (Phi) is 13.3. The van der Waals surface area contributed by atoms with E-state index in [1.807, 2.05) is 54.8 Å². The predicted molar refractivity (Wildman–Crippen MR) is 211 cm³/mol. The molecule has 5 aromatic rings. The lowest BCUT2D eigenvalue weighted by Crippen LogP contribution is -2.24. The number of carbonyl (C=O) groups excluding carboxylic acids is 1. The van der Waals surface area contributed by atoms with Crippen LogP contribution in [0.4, 0.5) is 21.2 Å². The van der Waals surface area contributed by atoms with Gasteiger partial charge < -0.3 is 23.8 Å². The van der Waals surface area contributed by atoms with Gasteiger partial charge in [-0.2, -0.15) is 4.99 Å². The Bertz CT molecular complexity index is 2050. The highest BCUT2D eigenvalue weighted by Crippen LogP contribution is 2.33. The van der Waals surface area contributed by atoms with E-state index >= 15 is 0 Å². The smallest absolute Gasteiger partial charge is 0.358 e. The van der Waals surface area contributed by atoms with E-state index in [0.29, 0.717) is 41.4 Å². The molecule has 0 aliphatic heterocycles. The number of benzene rings is 2. The number of para-hydroxylation sites is 1. The van der Waals surface area contributed by atoms with Crippen molar-refractivity contribution < 1.29 is 28.1 Å². The number of fused-ring (bicyclic) bond motifs is 1. The number of anilines is 2. The van der Waals surface area contributed by atoms with Gasteiger partial charge in [-0.25, -0.2) is 14.2 Å². The van der Waals surface area contributed by atoms with E-state index in [0.717, 1.165) is 30.2 Å². The van der Waals surface area contributed by atoms with Crippen molar-refractivity contribution in [3.05, 3.63) is 78.9 Å². The zero-order valence-corrected chi connectivity index (χ0v) is 34.5. The minimum absolute atomic E-state index is 0.0688. The van der Waals surface area contributed by atoms with E-state index in [4.69, 9.17) is 23.9 Å². The molecule has 0 aliphatic carbocycles. The number of thiazole rings is 2. The highest BCUT2D eigenvalue weighted by molar-refractivity contribution is 14.1. The lowest BCUT2D eigenvalue weighted by molar-refractivity contribution is 0.0503. The molecule has 0 aliphatic rings. The molecule has 0 fully saturated rings. The van der Waals surface area contributed by atoms with Crippen LogP contribution in [0.25, 0.3) is 10.2 Å². The summed E-state index contributed by atoms with van der Waals surface area (Å²) in [5.41, 5.74) is 2.05. The van der Waals surface area contributed by atoms with Crippen LogP contribution in [-0.4, -0.2) is 73.9 Å². The van der Waals surface area contributed by atoms with Crippen molar-refractivity contribution in [1.29, 1.82) is 0 Å². The zero-order valence-electron chi connectivity index (χ0n) is 29.7. The Balaban J connectivity index is 1.38. The van der Waals surface area contributed by atoms with Crippen LogP contribution >= 0.6 is 45.3 Å². The lowest BCUT2D eigenvalue weighted by Gasteiger charge is -2.16. The average molecular weight is 865 g/mol. The molecule has 0 radical (unpaired) electrons. The number of aryl methyl sites for hydroxylation is 1. The lowest BCUT2D eigenvalue weighted by atomic mass is 10.2. The van der Waals surface area contributed by atoms with Gasteiger partial charge in [-0.1, -0.05) is 43.1 Å². The zero-order chi connectivity index (χ0) is 36.7. The fourth-order valence-corrected chi connectivity index (χ4v) is 8.18. The van der Waals surface area contributed by atoms with Crippen molar-refractivity contribution in [2.24, 2.45) is 4.99 Å². The molecule has 0 spiro atoms. The first-order valence-electron chi connectivity index (χ1n) is 16.4. The molecular weight excluding hydrogens is 823 g/mol. The van der Waals surface area contributed by atoms with Crippen molar-refractivity contribution in [1.82, 2.24) is 19.7 Å². The van der Waals surface area contributed by atoms with E-state index < -0.39 is 26.0 Å². The van der Waals surface area contributed by atoms with Crippen molar-refractivity contribution >= 4 is 86.3 Å². The maximum atomic E-state index is 14.4. The molecule has 51 heavy (non-hydrogen) atoms. The van der Waals surface area contributed by atoms with Gasteiger partial charge in [0.25, 0.3) is 0 Å². The van der Waals surface area contributed by atoms with Gasteiger partial charge in [0.1, 0.15) is 13.3 Å². The predicted octanol–water partition coefficient (Wildman–Crippen LogP) is 8.13. The number of esters is 1. The summed E-state index contributed by atoms with van der Waals surface area (Å²) in [7, 11) is 2.14. The highest BCUT2D eigenvalue weighted by Gasteiger charge is 2.25. The van der Waals surface area contributed by atoms with Gasteiger partial charge in [-0.3, -0.25) is 4.57 Å². The van der Waals surface area contributed by atoms with Crippen LogP contribution in [-0.2, 0) is 27.4 Å². The number of methoxy groups -OCH3 is 1. The number of nitrogens with zero attached hydrogens (tertiary/aromatic N) is 6. The summed E-state index contributed by atoms with van der Waals surface area (Å²) in [6.07, 6.45) is -0.192. The second-order valence-electron chi connectivity index (χ2n) is 12.9. The third-order valence-electron chi connectivity index (χ3n) is 7.80. The van der Waals surface area contributed by atoms with Crippen molar-refractivity contribution in [3.8, 4) is 5.75 Å². The Morgan fingerprint density at radius 2 is 1.92 bits per heavy atom. The van der Waals surface area contributed by atoms with Crippen LogP contribution in [0.15, 0.2) is 53.5 Å². The van der Waals surface area contributed by atoms with Gasteiger partial charge in [-0.15, -0.1) is 21.5 Å². The van der Waals surface area contributed by atoms with E-state index in [2.05, 4.69) is 51.5 Å². The summed E-state index contributed by atoms with van der Waals surface area (Å²) >= 11 is 4.93. The van der Waals surface area contributed by atoms with Gasteiger partial charge >= 0.3 is 5.97 Å². The molecule has 0 amide bonds. The molecule has 3 heterocycles. The van der Waals surface area contributed by atoms with E-state index in [-0.39, 0.29) is 24.7 Å². The first kappa shape index (κ1) is 38.9.